The van der Waals surface area contributed by atoms with Crippen LogP contribution in [0.4, 0.5) is 4.39 Å². The normalized spacial score (nSPS) is 10.2. The highest BCUT2D eigenvalue weighted by atomic mass is 19.1. The van der Waals surface area contributed by atoms with Crippen LogP contribution in [0.25, 0.3) is 0 Å². The summed E-state index contributed by atoms with van der Waals surface area (Å²) < 4.78 is 18.6. The first-order chi connectivity index (χ1) is 8.67. The molecule has 0 fully saturated rings. The van der Waals surface area contributed by atoms with Gasteiger partial charge in [0.2, 0.25) is 5.91 Å². The third-order valence-electron chi connectivity index (χ3n) is 2.47. The standard InChI is InChI=1S/C13H19FN2O2/c1-15-9-10-8-11(14)5-6-12(10)18-7-3-4-13(17)16-2/h5-6,8,15H,3-4,7,9H2,1-2H3,(H,16,17). The number of amides is 1. The number of hydrogen-bond acceptors (Lipinski definition) is 3. The van der Waals surface area contributed by atoms with E-state index in [1.54, 1.807) is 20.2 Å². The van der Waals surface area contributed by atoms with Crippen molar-refractivity contribution in [3.8, 4) is 5.75 Å². The number of carbonyl (C=O) groups is 1. The third-order valence-corrected chi connectivity index (χ3v) is 2.47. The Morgan fingerprint density at radius 1 is 1.39 bits per heavy atom. The van der Waals surface area contributed by atoms with Gasteiger partial charge in [-0.15, -0.1) is 0 Å². The molecule has 1 aromatic rings. The minimum absolute atomic E-state index is 0.00634. The summed E-state index contributed by atoms with van der Waals surface area (Å²) in [7, 11) is 3.40. The zero-order valence-electron chi connectivity index (χ0n) is 10.8. The molecule has 1 aromatic carbocycles. The Balaban J connectivity index is 2.48. The molecular formula is C13H19FN2O2. The fourth-order valence-electron chi connectivity index (χ4n) is 1.56. The van der Waals surface area contributed by atoms with Crippen molar-refractivity contribution >= 4 is 5.91 Å². The summed E-state index contributed by atoms with van der Waals surface area (Å²) in [5.74, 6) is 0.369. The molecule has 0 aliphatic rings. The SMILES string of the molecule is CNCc1cc(F)ccc1OCCCC(=O)NC. The minimum atomic E-state index is -0.280. The van der Waals surface area contributed by atoms with E-state index in [2.05, 4.69) is 10.6 Å². The molecule has 1 rings (SSSR count). The van der Waals surface area contributed by atoms with Crippen molar-refractivity contribution in [1.29, 1.82) is 0 Å². The lowest BCUT2D eigenvalue weighted by Crippen LogP contribution is -2.18. The van der Waals surface area contributed by atoms with Crippen LogP contribution >= 0.6 is 0 Å². The molecule has 4 nitrogen and oxygen atoms in total. The molecule has 0 aliphatic heterocycles. The number of ether oxygens (including phenoxy) is 1. The Morgan fingerprint density at radius 2 is 2.17 bits per heavy atom. The summed E-state index contributed by atoms with van der Waals surface area (Å²) in [5, 5.41) is 5.51. The van der Waals surface area contributed by atoms with Gasteiger partial charge in [-0.2, -0.15) is 0 Å². The maximum atomic E-state index is 13.1. The van der Waals surface area contributed by atoms with E-state index < -0.39 is 0 Å². The lowest BCUT2D eigenvalue weighted by molar-refractivity contribution is -0.120. The predicted molar refractivity (Wildman–Crippen MR) is 68.0 cm³/mol. The van der Waals surface area contributed by atoms with E-state index in [0.717, 1.165) is 5.56 Å². The van der Waals surface area contributed by atoms with Crippen molar-refractivity contribution in [3.63, 3.8) is 0 Å². The Hall–Kier alpha value is -1.62. The molecule has 0 bridgehead atoms. The van der Waals surface area contributed by atoms with Crippen molar-refractivity contribution < 1.29 is 13.9 Å². The molecule has 0 aromatic heterocycles. The van der Waals surface area contributed by atoms with Crippen LogP contribution in [0.1, 0.15) is 18.4 Å². The first kappa shape index (κ1) is 14.4. The van der Waals surface area contributed by atoms with E-state index in [0.29, 0.717) is 31.7 Å². The second kappa shape index (κ2) is 7.66. The van der Waals surface area contributed by atoms with Crippen molar-refractivity contribution in [1.82, 2.24) is 10.6 Å². The summed E-state index contributed by atoms with van der Waals surface area (Å²) in [6.45, 7) is 0.984. The molecule has 0 atom stereocenters. The first-order valence-corrected chi connectivity index (χ1v) is 5.93. The maximum Gasteiger partial charge on any atom is 0.219 e. The van der Waals surface area contributed by atoms with Gasteiger partial charge in [0.25, 0.3) is 0 Å². The Kier molecular flexibility index (Phi) is 6.14. The molecule has 0 radical (unpaired) electrons. The van der Waals surface area contributed by atoms with Crippen molar-refractivity contribution in [2.24, 2.45) is 0 Å². The highest BCUT2D eigenvalue weighted by Gasteiger charge is 2.05. The van der Waals surface area contributed by atoms with Gasteiger partial charge >= 0.3 is 0 Å². The molecule has 0 heterocycles. The minimum Gasteiger partial charge on any atom is -0.493 e. The van der Waals surface area contributed by atoms with Gasteiger partial charge in [-0.25, -0.2) is 4.39 Å². The van der Waals surface area contributed by atoms with Gasteiger partial charge in [-0.3, -0.25) is 4.79 Å². The monoisotopic (exact) mass is 254 g/mol. The zero-order chi connectivity index (χ0) is 13.4. The van der Waals surface area contributed by atoms with Crippen LogP contribution in [0, 0.1) is 5.82 Å². The van der Waals surface area contributed by atoms with Gasteiger partial charge in [0.1, 0.15) is 11.6 Å². The van der Waals surface area contributed by atoms with Crippen LogP contribution < -0.4 is 15.4 Å². The number of benzene rings is 1. The molecule has 0 aliphatic carbocycles. The van der Waals surface area contributed by atoms with Crippen LogP contribution in [-0.4, -0.2) is 26.6 Å². The smallest absolute Gasteiger partial charge is 0.219 e. The number of carbonyl (C=O) groups excluding carboxylic acids is 1. The van der Waals surface area contributed by atoms with Crippen molar-refractivity contribution in [3.05, 3.63) is 29.6 Å². The van der Waals surface area contributed by atoms with Crippen LogP contribution in [-0.2, 0) is 11.3 Å². The van der Waals surface area contributed by atoms with E-state index in [1.807, 2.05) is 0 Å². The highest BCUT2D eigenvalue weighted by Crippen LogP contribution is 2.19. The average Bonchev–Trinajstić information content (AvgIpc) is 2.36. The van der Waals surface area contributed by atoms with Crippen LogP contribution in [0.3, 0.4) is 0 Å². The number of nitrogens with one attached hydrogen (secondary N) is 2. The van der Waals surface area contributed by atoms with Gasteiger partial charge in [0.05, 0.1) is 6.61 Å². The summed E-state index contributed by atoms with van der Waals surface area (Å²) in [4.78, 5) is 11.0. The van der Waals surface area contributed by atoms with Gasteiger partial charge in [0.15, 0.2) is 0 Å². The summed E-state index contributed by atoms with van der Waals surface area (Å²) in [6.07, 6.45) is 1.06. The number of hydrogen-bond donors (Lipinski definition) is 2. The lowest BCUT2D eigenvalue weighted by Gasteiger charge is -2.11. The molecule has 0 saturated heterocycles. The first-order valence-electron chi connectivity index (χ1n) is 5.93. The Bertz CT molecular complexity index is 397. The van der Waals surface area contributed by atoms with Crippen molar-refractivity contribution in [2.45, 2.75) is 19.4 Å². The quantitative estimate of drug-likeness (QED) is 0.724. The van der Waals surface area contributed by atoms with Gasteiger partial charge < -0.3 is 15.4 Å². The van der Waals surface area contributed by atoms with Crippen LogP contribution in [0.2, 0.25) is 0 Å². The number of halogens is 1. The lowest BCUT2D eigenvalue weighted by atomic mass is 10.2. The summed E-state index contributed by atoms with van der Waals surface area (Å²) in [6, 6.07) is 4.43. The summed E-state index contributed by atoms with van der Waals surface area (Å²) >= 11 is 0. The molecule has 18 heavy (non-hydrogen) atoms. The van der Waals surface area contributed by atoms with E-state index in [4.69, 9.17) is 4.74 Å². The third kappa shape index (κ3) is 4.71. The van der Waals surface area contributed by atoms with E-state index in [-0.39, 0.29) is 11.7 Å². The topological polar surface area (TPSA) is 50.4 Å². The second-order valence-electron chi connectivity index (χ2n) is 3.91. The van der Waals surface area contributed by atoms with Crippen molar-refractivity contribution in [2.75, 3.05) is 20.7 Å². The molecule has 0 unspecified atom stereocenters. The highest BCUT2D eigenvalue weighted by molar-refractivity contribution is 5.75. The van der Waals surface area contributed by atoms with Crippen LogP contribution in [0.15, 0.2) is 18.2 Å². The number of rotatable bonds is 7. The second-order valence-corrected chi connectivity index (χ2v) is 3.91. The fraction of sp³-hybridized carbons (Fsp3) is 0.462. The Morgan fingerprint density at radius 3 is 2.83 bits per heavy atom. The Labute approximate surface area is 107 Å². The molecule has 5 heteroatoms. The van der Waals surface area contributed by atoms with Gasteiger partial charge in [-0.05, 0) is 31.7 Å². The van der Waals surface area contributed by atoms with Crippen LogP contribution in [0.5, 0.6) is 5.75 Å². The molecular weight excluding hydrogens is 235 g/mol. The molecule has 2 N–H and O–H groups in total. The predicted octanol–water partition coefficient (Wildman–Crippen LogP) is 1.45. The molecule has 0 spiro atoms. The van der Waals surface area contributed by atoms with Gasteiger partial charge in [0, 0.05) is 25.6 Å². The fourth-order valence-corrected chi connectivity index (χ4v) is 1.56. The van der Waals surface area contributed by atoms with E-state index in [1.165, 1.54) is 12.1 Å². The molecule has 1 amide bonds. The average molecular weight is 254 g/mol. The van der Waals surface area contributed by atoms with E-state index >= 15 is 0 Å². The van der Waals surface area contributed by atoms with E-state index in [9.17, 15) is 9.18 Å². The largest absolute Gasteiger partial charge is 0.493 e. The summed E-state index contributed by atoms with van der Waals surface area (Å²) in [5.41, 5.74) is 0.775. The molecule has 0 saturated carbocycles. The van der Waals surface area contributed by atoms with Gasteiger partial charge in [-0.1, -0.05) is 0 Å². The zero-order valence-corrected chi connectivity index (χ0v) is 10.8. The maximum absolute atomic E-state index is 13.1. The molecule has 100 valence electrons.